The molecule has 1 aromatic heterocycles. The molecule has 0 spiro atoms. The van der Waals surface area contributed by atoms with Crippen LogP contribution >= 0.6 is 0 Å². The van der Waals surface area contributed by atoms with Crippen LogP contribution < -0.4 is 5.32 Å². The van der Waals surface area contributed by atoms with Gasteiger partial charge >= 0.3 is 0 Å². The molecule has 1 aromatic rings. The molecule has 1 aliphatic rings. The van der Waals surface area contributed by atoms with Crippen LogP contribution in [0.25, 0.3) is 0 Å². The van der Waals surface area contributed by atoms with Gasteiger partial charge in [-0.15, -0.1) is 0 Å². The Labute approximate surface area is 109 Å². The third-order valence-electron chi connectivity index (χ3n) is 3.54. The monoisotopic (exact) mass is 249 g/mol. The lowest BCUT2D eigenvalue weighted by Gasteiger charge is -2.22. The molecule has 0 aliphatic heterocycles. The maximum atomic E-state index is 10.1. The van der Waals surface area contributed by atoms with Crippen molar-refractivity contribution < 1.29 is 5.11 Å². The number of anilines is 1. The van der Waals surface area contributed by atoms with Gasteiger partial charge in [-0.3, -0.25) is 0 Å². The van der Waals surface area contributed by atoms with Gasteiger partial charge in [0.1, 0.15) is 12.1 Å². The largest absolute Gasteiger partial charge is 0.391 e. The van der Waals surface area contributed by atoms with Gasteiger partial charge in [0, 0.05) is 11.8 Å². The van der Waals surface area contributed by atoms with Gasteiger partial charge in [-0.1, -0.05) is 32.6 Å². The van der Waals surface area contributed by atoms with E-state index in [-0.39, 0.29) is 12.1 Å². The molecule has 18 heavy (non-hydrogen) atoms. The standard InChI is InChI=1S/C14H23N3O/c1-2-6-11-9-14(16-10-15-11)17-12-7-4-3-5-8-13(12)18/h9-10,12-13,18H,2-8H2,1H3,(H,15,16,17). The first-order chi connectivity index (χ1) is 8.79. The van der Waals surface area contributed by atoms with Crippen LogP contribution in [-0.2, 0) is 6.42 Å². The van der Waals surface area contributed by atoms with Crippen molar-refractivity contribution in [3.63, 3.8) is 0 Å². The molecule has 1 heterocycles. The lowest BCUT2D eigenvalue weighted by molar-refractivity contribution is 0.144. The number of rotatable bonds is 4. The zero-order valence-corrected chi connectivity index (χ0v) is 11.1. The fourth-order valence-corrected chi connectivity index (χ4v) is 2.52. The third-order valence-corrected chi connectivity index (χ3v) is 3.54. The van der Waals surface area contributed by atoms with Gasteiger partial charge in [0.15, 0.2) is 0 Å². The van der Waals surface area contributed by atoms with Gasteiger partial charge in [0.2, 0.25) is 0 Å². The van der Waals surface area contributed by atoms with Gasteiger partial charge < -0.3 is 10.4 Å². The number of nitrogens with one attached hydrogen (secondary N) is 1. The van der Waals surface area contributed by atoms with E-state index in [1.165, 1.54) is 12.8 Å². The molecule has 1 saturated carbocycles. The van der Waals surface area contributed by atoms with Crippen LogP contribution in [0.3, 0.4) is 0 Å². The Morgan fingerprint density at radius 1 is 1.28 bits per heavy atom. The van der Waals surface area contributed by atoms with E-state index in [0.717, 1.165) is 43.6 Å². The summed E-state index contributed by atoms with van der Waals surface area (Å²) in [5, 5.41) is 13.4. The number of hydrogen-bond donors (Lipinski definition) is 2. The molecule has 1 aliphatic carbocycles. The predicted molar refractivity (Wildman–Crippen MR) is 72.5 cm³/mol. The lowest BCUT2D eigenvalue weighted by Crippen LogP contribution is -2.32. The summed E-state index contributed by atoms with van der Waals surface area (Å²) in [5.74, 6) is 0.847. The van der Waals surface area contributed by atoms with Crippen LogP contribution in [0.4, 0.5) is 5.82 Å². The molecule has 0 saturated heterocycles. The summed E-state index contributed by atoms with van der Waals surface area (Å²) in [6.07, 6.45) is 8.87. The van der Waals surface area contributed by atoms with E-state index in [2.05, 4.69) is 22.2 Å². The van der Waals surface area contributed by atoms with E-state index in [4.69, 9.17) is 0 Å². The second-order valence-corrected chi connectivity index (χ2v) is 5.10. The Hall–Kier alpha value is -1.16. The van der Waals surface area contributed by atoms with Crippen LogP contribution in [0.5, 0.6) is 0 Å². The summed E-state index contributed by atoms with van der Waals surface area (Å²) >= 11 is 0. The highest BCUT2D eigenvalue weighted by atomic mass is 16.3. The number of aliphatic hydroxyl groups is 1. The fourth-order valence-electron chi connectivity index (χ4n) is 2.52. The summed E-state index contributed by atoms with van der Waals surface area (Å²) in [5.41, 5.74) is 1.07. The Bertz CT molecular complexity index is 370. The molecular weight excluding hydrogens is 226 g/mol. The summed E-state index contributed by atoms with van der Waals surface area (Å²) in [6, 6.07) is 2.14. The summed E-state index contributed by atoms with van der Waals surface area (Å²) < 4.78 is 0. The van der Waals surface area contributed by atoms with Gasteiger partial charge in [-0.2, -0.15) is 0 Å². The average Bonchev–Trinajstić information content (AvgIpc) is 2.56. The quantitative estimate of drug-likeness (QED) is 0.805. The highest BCUT2D eigenvalue weighted by molar-refractivity contribution is 5.36. The molecule has 0 aromatic carbocycles. The van der Waals surface area contributed by atoms with Gasteiger partial charge in [-0.25, -0.2) is 9.97 Å². The van der Waals surface area contributed by atoms with E-state index in [0.29, 0.717) is 0 Å². The SMILES string of the molecule is CCCc1cc(NC2CCCCCC2O)ncn1. The zero-order chi connectivity index (χ0) is 12.8. The number of nitrogens with zero attached hydrogens (tertiary/aromatic N) is 2. The second-order valence-electron chi connectivity index (χ2n) is 5.10. The molecule has 0 radical (unpaired) electrons. The van der Waals surface area contributed by atoms with E-state index in [9.17, 15) is 5.11 Å². The minimum Gasteiger partial charge on any atom is -0.391 e. The number of aromatic nitrogens is 2. The summed E-state index contributed by atoms with van der Waals surface area (Å²) in [7, 11) is 0. The number of hydrogen-bond acceptors (Lipinski definition) is 4. The van der Waals surface area contributed by atoms with Crippen LogP contribution in [-0.4, -0.2) is 27.2 Å². The van der Waals surface area contributed by atoms with Gasteiger partial charge in [0.05, 0.1) is 12.1 Å². The molecule has 100 valence electrons. The van der Waals surface area contributed by atoms with E-state index >= 15 is 0 Å². The minimum absolute atomic E-state index is 0.136. The number of aliphatic hydroxyl groups excluding tert-OH is 1. The van der Waals surface area contributed by atoms with Gasteiger partial charge in [0.25, 0.3) is 0 Å². The predicted octanol–water partition coefficient (Wildman–Crippen LogP) is 2.53. The third kappa shape index (κ3) is 3.67. The van der Waals surface area contributed by atoms with Crippen molar-refractivity contribution in [3.8, 4) is 0 Å². The lowest BCUT2D eigenvalue weighted by atomic mass is 10.1. The molecule has 2 N–H and O–H groups in total. The fraction of sp³-hybridized carbons (Fsp3) is 0.714. The van der Waals surface area contributed by atoms with E-state index < -0.39 is 0 Å². The minimum atomic E-state index is -0.253. The first-order valence-corrected chi connectivity index (χ1v) is 7.05. The second kappa shape index (κ2) is 6.69. The van der Waals surface area contributed by atoms with Crippen LogP contribution in [0.15, 0.2) is 12.4 Å². The average molecular weight is 249 g/mol. The van der Waals surface area contributed by atoms with Crippen LogP contribution in [0.2, 0.25) is 0 Å². The van der Waals surface area contributed by atoms with Crippen molar-refractivity contribution in [2.75, 3.05) is 5.32 Å². The molecule has 2 unspecified atom stereocenters. The van der Waals surface area contributed by atoms with Crippen molar-refractivity contribution in [1.82, 2.24) is 9.97 Å². The van der Waals surface area contributed by atoms with Crippen molar-refractivity contribution >= 4 is 5.82 Å². The molecule has 2 rings (SSSR count). The van der Waals surface area contributed by atoms with E-state index in [1.54, 1.807) is 6.33 Å². The molecule has 4 nitrogen and oxygen atoms in total. The molecule has 1 fully saturated rings. The van der Waals surface area contributed by atoms with Crippen LogP contribution in [0.1, 0.15) is 51.1 Å². The first-order valence-electron chi connectivity index (χ1n) is 7.05. The Morgan fingerprint density at radius 2 is 2.11 bits per heavy atom. The van der Waals surface area contributed by atoms with Crippen molar-refractivity contribution in [2.45, 2.75) is 64.0 Å². The highest BCUT2D eigenvalue weighted by Gasteiger charge is 2.21. The Kier molecular flexibility index (Phi) is 4.93. The molecular formula is C14H23N3O. The molecule has 0 bridgehead atoms. The number of aryl methyl sites for hydroxylation is 1. The maximum absolute atomic E-state index is 10.1. The van der Waals surface area contributed by atoms with Crippen molar-refractivity contribution in [2.24, 2.45) is 0 Å². The first kappa shape index (κ1) is 13.3. The van der Waals surface area contributed by atoms with Crippen molar-refractivity contribution in [1.29, 1.82) is 0 Å². The maximum Gasteiger partial charge on any atom is 0.129 e. The Morgan fingerprint density at radius 3 is 2.94 bits per heavy atom. The summed E-state index contributed by atoms with van der Waals surface area (Å²) in [6.45, 7) is 2.14. The zero-order valence-electron chi connectivity index (χ0n) is 11.1. The topological polar surface area (TPSA) is 58.0 Å². The van der Waals surface area contributed by atoms with E-state index in [1.807, 2.05) is 6.07 Å². The normalized spacial score (nSPS) is 24.6. The molecule has 2 atom stereocenters. The highest BCUT2D eigenvalue weighted by Crippen LogP contribution is 2.21. The van der Waals surface area contributed by atoms with Gasteiger partial charge in [-0.05, 0) is 19.3 Å². The molecule has 4 heteroatoms. The van der Waals surface area contributed by atoms with Crippen LogP contribution in [0, 0.1) is 0 Å². The summed E-state index contributed by atoms with van der Waals surface area (Å²) in [4.78, 5) is 8.49. The van der Waals surface area contributed by atoms with Crippen molar-refractivity contribution in [3.05, 3.63) is 18.1 Å². The smallest absolute Gasteiger partial charge is 0.129 e. The Balaban J connectivity index is 2.00. The molecule has 0 amide bonds.